The molecule has 0 saturated carbocycles. The van der Waals surface area contributed by atoms with Crippen molar-refractivity contribution in [1.82, 2.24) is 5.32 Å². The van der Waals surface area contributed by atoms with Crippen LogP contribution in [0.2, 0.25) is 0 Å². The number of thioether (sulfide) groups is 1. The van der Waals surface area contributed by atoms with Crippen LogP contribution in [0.3, 0.4) is 0 Å². The smallest absolute Gasteiger partial charge is 0.339 e. The molecule has 2 rings (SSSR count). The van der Waals surface area contributed by atoms with Gasteiger partial charge >= 0.3 is 5.97 Å². The molecule has 18 heavy (non-hydrogen) atoms. The van der Waals surface area contributed by atoms with Crippen molar-refractivity contribution in [2.45, 2.75) is 26.3 Å². The molecular formula is C13H19NO3S. The maximum Gasteiger partial charge on any atom is 0.339 e. The summed E-state index contributed by atoms with van der Waals surface area (Å²) in [5, 5.41) is 12.3. The van der Waals surface area contributed by atoms with Crippen LogP contribution in [-0.2, 0) is 6.54 Å². The minimum atomic E-state index is -0.924. The number of hydrogen-bond acceptors (Lipinski definition) is 4. The summed E-state index contributed by atoms with van der Waals surface area (Å²) in [6, 6.07) is 1.61. The molecule has 0 spiro atoms. The zero-order valence-corrected chi connectivity index (χ0v) is 11.4. The van der Waals surface area contributed by atoms with Crippen molar-refractivity contribution < 1.29 is 14.3 Å². The Balaban J connectivity index is 1.79. The van der Waals surface area contributed by atoms with E-state index in [0.717, 1.165) is 12.5 Å². The van der Waals surface area contributed by atoms with E-state index in [-0.39, 0.29) is 5.56 Å². The lowest BCUT2D eigenvalue weighted by Crippen LogP contribution is -2.25. The number of aromatic carboxylic acids is 1. The van der Waals surface area contributed by atoms with Crippen LogP contribution in [0, 0.1) is 12.8 Å². The topological polar surface area (TPSA) is 62.5 Å². The SMILES string of the molecule is Cc1oc(CNCC2CCSCC2)cc1C(=O)O. The summed E-state index contributed by atoms with van der Waals surface area (Å²) in [7, 11) is 0. The largest absolute Gasteiger partial charge is 0.478 e. The first kappa shape index (κ1) is 13.5. The number of furan rings is 1. The average molecular weight is 269 g/mol. The first-order chi connectivity index (χ1) is 8.66. The molecule has 2 heterocycles. The molecule has 1 aliphatic rings. The van der Waals surface area contributed by atoms with Gasteiger partial charge in [0.05, 0.1) is 6.54 Å². The lowest BCUT2D eigenvalue weighted by atomic mass is 10.0. The van der Waals surface area contributed by atoms with Crippen molar-refractivity contribution in [2.75, 3.05) is 18.1 Å². The summed E-state index contributed by atoms with van der Waals surface area (Å²) in [4.78, 5) is 10.9. The second-order valence-electron chi connectivity index (χ2n) is 4.67. The van der Waals surface area contributed by atoms with Crippen molar-refractivity contribution in [2.24, 2.45) is 5.92 Å². The van der Waals surface area contributed by atoms with Gasteiger partial charge in [-0.2, -0.15) is 11.8 Å². The Morgan fingerprint density at radius 1 is 1.56 bits per heavy atom. The molecule has 100 valence electrons. The summed E-state index contributed by atoms with van der Waals surface area (Å²) in [6.07, 6.45) is 2.55. The van der Waals surface area contributed by atoms with Crippen LogP contribution in [0.25, 0.3) is 0 Å². The molecule has 1 aliphatic heterocycles. The van der Waals surface area contributed by atoms with Crippen LogP contribution in [0.1, 0.15) is 34.7 Å². The van der Waals surface area contributed by atoms with Gasteiger partial charge in [0.1, 0.15) is 17.1 Å². The van der Waals surface area contributed by atoms with Crippen molar-refractivity contribution in [3.05, 3.63) is 23.2 Å². The van der Waals surface area contributed by atoms with Gasteiger partial charge in [-0.15, -0.1) is 0 Å². The zero-order valence-electron chi connectivity index (χ0n) is 10.6. The van der Waals surface area contributed by atoms with Gasteiger partial charge < -0.3 is 14.8 Å². The van der Waals surface area contributed by atoms with E-state index in [4.69, 9.17) is 9.52 Å². The molecule has 1 aromatic heterocycles. The Kier molecular flexibility index (Phi) is 4.72. The number of nitrogens with one attached hydrogen (secondary N) is 1. The average Bonchev–Trinajstić information content (AvgIpc) is 2.72. The monoisotopic (exact) mass is 269 g/mol. The Morgan fingerprint density at radius 2 is 2.28 bits per heavy atom. The van der Waals surface area contributed by atoms with E-state index >= 15 is 0 Å². The van der Waals surface area contributed by atoms with E-state index in [0.29, 0.717) is 18.1 Å². The molecule has 1 fully saturated rings. The van der Waals surface area contributed by atoms with E-state index in [1.165, 1.54) is 24.3 Å². The fourth-order valence-corrected chi connectivity index (χ4v) is 3.40. The molecule has 1 saturated heterocycles. The molecule has 0 atom stereocenters. The molecule has 0 bridgehead atoms. The fraction of sp³-hybridized carbons (Fsp3) is 0.615. The third kappa shape index (κ3) is 3.53. The summed E-state index contributed by atoms with van der Waals surface area (Å²) in [5.74, 6) is 3.53. The number of rotatable bonds is 5. The molecule has 0 unspecified atom stereocenters. The van der Waals surface area contributed by atoms with Crippen LogP contribution in [0.4, 0.5) is 0 Å². The normalized spacial score (nSPS) is 16.9. The van der Waals surface area contributed by atoms with Crippen molar-refractivity contribution in [3.8, 4) is 0 Å². The van der Waals surface area contributed by atoms with Crippen molar-refractivity contribution >= 4 is 17.7 Å². The number of carbonyl (C=O) groups is 1. The third-order valence-electron chi connectivity index (χ3n) is 3.27. The molecule has 5 heteroatoms. The number of hydrogen-bond donors (Lipinski definition) is 2. The van der Waals surface area contributed by atoms with E-state index < -0.39 is 5.97 Å². The van der Waals surface area contributed by atoms with Crippen LogP contribution in [0.15, 0.2) is 10.5 Å². The van der Waals surface area contributed by atoms with Crippen molar-refractivity contribution in [3.63, 3.8) is 0 Å². The Morgan fingerprint density at radius 3 is 2.89 bits per heavy atom. The van der Waals surface area contributed by atoms with E-state index in [9.17, 15) is 4.79 Å². The number of carboxylic acid groups (broad SMARTS) is 1. The van der Waals surface area contributed by atoms with Gasteiger partial charge in [-0.25, -0.2) is 4.79 Å². The van der Waals surface area contributed by atoms with Gasteiger partial charge in [0.25, 0.3) is 0 Å². The second kappa shape index (κ2) is 6.29. The maximum atomic E-state index is 10.9. The Labute approximate surface area is 111 Å². The first-order valence-corrected chi connectivity index (χ1v) is 7.43. The van der Waals surface area contributed by atoms with Gasteiger partial charge in [0.2, 0.25) is 0 Å². The third-order valence-corrected chi connectivity index (χ3v) is 4.32. The minimum Gasteiger partial charge on any atom is -0.478 e. The van der Waals surface area contributed by atoms with Crippen LogP contribution >= 0.6 is 11.8 Å². The summed E-state index contributed by atoms with van der Waals surface area (Å²) in [6.45, 7) is 3.28. The molecular weight excluding hydrogens is 250 g/mol. The summed E-state index contributed by atoms with van der Waals surface area (Å²) >= 11 is 2.03. The van der Waals surface area contributed by atoms with E-state index in [2.05, 4.69) is 5.32 Å². The van der Waals surface area contributed by atoms with Gasteiger partial charge in [-0.1, -0.05) is 0 Å². The van der Waals surface area contributed by atoms with Gasteiger partial charge in [-0.3, -0.25) is 0 Å². The maximum absolute atomic E-state index is 10.9. The number of carboxylic acids is 1. The number of aryl methyl sites for hydroxylation is 1. The van der Waals surface area contributed by atoms with Crippen LogP contribution in [-0.4, -0.2) is 29.1 Å². The molecule has 2 N–H and O–H groups in total. The molecule has 4 nitrogen and oxygen atoms in total. The molecule has 0 radical (unpaired) electrons. The zero-order chi connectivity index (χ0) is 13.0. The van der Waals surface area contributed by atoms with Gasteiger partial charge in [0.15, 0.2) is 0 Å². The van der Waals surface area contributed by atoms with Crippen molar-refractivity contribution in [1.29, 1.82) is 0 Å². The Hall–Kier alpha value is -0.940. The van der Waals surface area contributed by atoms with E-state index in [1.807, 2.05) is 11.8 Å². The Bertz CT molecular complexity index is 410. The lowest BCUT2D eigenvalue weighted by Gasteiger charge is -2.21. The minimum absolute atomic E-state index is 0.265. The highest BCUT2D eigenvalue weighted by atomic mass is 32.2. The molecule has 1 aromatic rings. The first-order valence-electron chi connectivity index (χ1n) is 6.28. The standard InChI is InChI=1S/C13H19NO3S/c1-9-12(13(15)16)6-11(17-9)8-14-7-10-2-4-18-5-3-10/h6,10,14H,2-5,7-8H2,1H3,(H,15,16). The quantitative estimate of drug-likeness (QED) is 0.860. The highest BCUT2D eigenvalue weighted by molar-refractivity contribution is 7.99. The molecule has 0 aromatic carbocycles. The van der Waals surface area contributed by atoms with Gasteiger partial charge in [-0.05, 0) is 49.8 Å². The predicted molar refractivity (Wildman–Crippen MR) is 72.2 cm³/mol. The van der Waals surface area contributed by atoms with Crippen LogP contribution in [0.5, 0.6) is 0 Å². The molecule has 0 aliphatic carbocycles. The highest BCUT2D eigenvalue weighted by Crippen LogP contribution is 2.22. The van der Waals surface area contributed by atoms with Crippen LogP contribution < -0.4 is 5.32 Å². The summed E-state index contributed by atoms with van der Waals surface area (Å²) in [5.41, 5.74) is 0.265. The molecule has 0 amide bonds. The van der Waals surface area contributed by atoms with Gasteiger partial charge in [0, 0.05) is 0 Å². The second-order valence-corrected chi connectivity index (χ2v) is 5.90. The predicted octanol–water partition coefficient (Wildman–Crippen LogP) is 2.52. The highest BCUT2D eigenvalue weighted by Gasteiger charge is 2.15. The lowest BCUT2D eigenvalue weighted by molar-refractivity contribution is 0.0695. The van der Waals surface area contributed by atoms with E-state index in [1.54, 1.807) is 13.0 Å². The fourth-order valence-electron chi connectivity index (χ4n) is 2.19. The summed E-state index contributed by atoms with van der Waals surface area (Å²) < 4.78 is 5.42.